The van der Waals surface area contributed by atoms with Crippen LogP contribution in [-0.4, -0.2) is 43.5 Å². The molecule has 2 aromatic heterocycles. The van der Waals surface area contributed by atoms with Gasteiger partial charge in [-0.1, -0.05) is 18.7 Å². The van der Waals surface area contributed by atoms with Gasteiger partial charge in [-0.2, -0.15) is 0 Å². The van der Waals surface area contributed by atoms with E-state index in [1.165, 1.54) is 17.3 Å². The van der Waals surface area contributed by atoms with Crippen molar-refractivity contribution >= 4 is 11.8 Å². The standard InChI is InChI=1S/C26H31N5O/c1-18(2)31-12-7-6-8-24(31)21-15-22-17-30(13-10-23(22)28-16-21)20(4)19(3)14-25-27-11-9-26(32)29(25)5/h6-9,11,14-16,18H,4,10,12-13,17H2,1-3,5H3/b19-14-. The molecule has 0 saturated heterocycles. The van der Waals surface area contributed by atoms with E-state index in [1.54, 1.807) is 17.8 Å². The molecule has 0 unspecified atom stereocenters. The zero-order chi connectivity index (χ0) is 22.8. The highest BCUT2D eigenvalue weighted by molar-refractivity contribution is 5.67. The monoisotopic (exact) mass is 429 g/mol. The van der Waals surface area contributed by atoms with Gasteiger partial charge in [0.05, 0.1) is 0 Å². The quantitative estimate of drug-likeness (QED) is 0.677. The van der Waals surface area contributed by atoms with Crippen molar-refractivity contribution in [2.24, 2.45) is 7.05 Å². The molecule has 4 rings (SSSR count). The van der Waals surface area contributed by atoms with Crippen LogP contribution in [0, 0.1) is 0 Å². The number of allylic oxidation sites excluding steroid dienone is 3. The fourth-order valence-corrected chi connectivity index (χ4v) is 4.22. The van der Waals surface area contributed by atoms with E-state index >= 15 is 0 Å². The minimum atomic E-state index is -0.0718. The first-order valence-corrected chi connectivity index (χ1v) is 11.1. The van der Waals surface area contributed by atoms with Crippen molar-refractivity contribution in [1.29, 1.82) is 0 Å². The van der Waals surface area contributed by atoms with Crippen molar-refractivity contribution < 1.29 is 0 Å². The van der Waals surface area contributed by atoms with Gasteiger partial charge in [0.2, 0.25) is 0 Å². The van der Waals surface area contributed by atoms with Crippen LogP contribution in [0.3, 0.4) is 0 Å². The Balaban J connectivity index is 1.57. The highest BCUT2D eigenvalue weighted by Gasteiger charge is 2.22. The smallest absolute Gasteiger partial charge is 0.253 e. The van der Waals surface area contributed by atoms with Gasteiger partial charge in [0, 0.05) is 80.3 Å². The Hall–Kier alpha value is -3.41. The molecule has 2 aliphatic heterocycles. The van der Waals surface area contributed by atoms with E-state index in [4.69, 9.17) is 4.98 Å². The molecule has 0 spiro atoms. The predicted molar refractivity (Wildman–Crippen MR) is 130 cm³/mol. The first-order chi connectivity index (χ1) is 15.3. The van der Waals surface area contributed by atoms with Gasteiger partial charge in [-0.15, -0.1) is 0 Å². The number of fused-ring (bicyclic) bond motifs is 1. The summed E-state index contributed by atoms with van der Waals surface area (Å²) in [5.41, 5.74) is 6.66. The van der Waals surface area contributed by atoms with Crippen LogP contribution in [0.2, 0.25) is 0 Å². The van der Waals surface area contributed by atoms with Crippen LogP contribution in [0.25, 0.3) is 11.8 Å². The highest BCUT2D eigenvalue weighted by Crippen LogP contribution is 2.29. The van der Waals surface area contributed by atoms with E-state index in [9.17, 15) is 4.79 Å². The molecule has 2 aliphatic rings. The van der Waals surface area contributed by atoms with Gasteiger partial charge in [0.15, 0.2) is 0 Å². The van der Waals surface area contributed by atoms with Crippen LogP contribution in [-0.2, 0) is 20.0 Å². The van der Waals surface area contributed by atoms with E-state index in [0.717, 1.165) is 48.6 Å². The van der Waals surface area contributed by atoms with Crippen LogP contribution in [0.4, 0.5) is 0 Å². The Morgan fingerprint density at radius 2 is 2.09 bits per heavy atom. The summed E-state index contributed by atoms with van der Waals surface area (Å²) in [5.74, 6) is 0.628. The molecular weight excluding hydrogens is 398 g/mol. The molecule has 0 saturated carbocycles. The summed E-state index contributed by atoms with van der Waals surface area (Å²) in [7, 11) is 1.73. The average Bonchev–Trinajstić information content (AvgIpc) is 2.80. The van der Waals surface area contributed by atoms with Gasteiger partial charge in [0.1, 0.15) is 5.82 Å². The van der Waals surface area contributed by atoms with E-state index < -0.39 is 0 Å². The van der Waals surface area contributed by atoms with Gasteiger partial charge in [-0.05, 0) is 50.1 Å². The molecule has 4 heterocycles. The lowest BCUT2D eigenvalue weighted by Gasteiger charge is -2.34. The molecule has 0 amide bonds. The topological polar surface area (TPSA) is 54.3 Å². The molecule has 32 heavy (non-hydrogen) atoms. The van der Waals surface area contributed by atoms with Crippen molar-refractivity contribution in [3.8, 4) is 0 Å². The Kier molecular flexibility index (Phi) is 6.12. The fourth-order valence-electron chi connectivity index (χ4n) is 4.22. The molecule has 0 aromatic carbocycles. The fraction of sp³-hybridized carbons (Fsp3) is 0.346. The van der Waals surface area contributed by atoms with Crippen LogP contribution >= 0.6 is 0 Å². The van der Waals surface area contributed by atoms with E-state index in [2.05, 4.69) is 59.5 Å². The highest BCUT2D eigenvalue weighted by atomic mass is 16.1. The lowest BCUT2D eigenvalue weighted by molar-refractivity contribution is 0.326. The number of aromatic nitrogens is 3. The van der Waals surface area contributed by atoms with E-state index in [-0.39, 0.29) is 5.56 Å². The maximum atomic E-state index is 11.9. The maximum absolute atomic E-state index is 11.9. The zero-order valence-electron chi connectivity index (χ0n) is 19.4. The summed E-state index contributed by atoms with van der Waals surface area (Å²) in [6, 6.07) is 4.17. The number of pyridine rings is 1. The molecule has 0 atom stereocenters. The SMILES string of the molecule is C=C(/C(C)=C\c1nccc(=O)n1C)N1CCc2ncc(C3=CC=CCN3C(C)C)cc2C1. The van der Waals surface area contributed by atoms with E-state index in [0.29, 0.717) is 11.9 Å². The Morgan fingerprint density at radius 1 is 1.28 bits per heavy atom. The van der Waals surface area contributed by atoms with Crippen molar-refractivity contribution in [2.75, 3.05) is 13.1 Å². The summed E-state index contributed by atoms with van der Waals surface area (Å²) in [5, 5.41) is 0. The maximum Gasteiger partial charge on any atom is 0.253 e. The molecule has 6 heteroatoms. The largest absolute Gasteiger partial charge is 0.367 e. The first kappa shape index (κ1) is 21.8. The lowest BCUT2D eigenvalue weighted by Crippen LogP contribution is -2.32. The van der Waals surface area contributed by atoms with Crippen LogP contribution in [0.5, 0.6) is 0 Å². The van der Waals surface area contributed by atoms with Crippen LogP contribution in [0.15, 0.2) is 65.4 Å². The number of nitrogens with zero attached hydrogens (tertiary/aromatic N) is 5. The second-order valence-electron chi connectivity index (χ2n) is 8.70. The Bertz CT molecular complexity index is 1180. The van der Waals surface area contributed by atoms with Crippen molar-refractivity contribution in [3.05, 3.63) is 93.6 Å². The minimum Gasteiger partial charge on any atom is -0.367 e. The zero-order valence-corrected chi connectivity index (χ0v) is 19.4. The minimum absolute atomic E-state index is 0.0718. The molecule has 6 nitrogen and oxygen atoms in total. The van der Waals surface area contributed by atoms with Gasteiger partial charge < -0.3 is 9.80 Å². The third-order valence-corrected chi connectivity index (χ3v) is 6.24. The summed E-state index contributed by atoms with van der Waals surface area (Å²) in [6.45, 7) is 13.4. The second kappa shape index (κ2) is 8.99. The Morgan fingerprint density at radius 3 is 2.88 bits per heavy atom. The van der Waals surface area contributed by atoms with Crippen molar-refractivity contribution in [2.45, 2.75) is 39.8 Å². The van der Waals surface area contributed by atoms with Crippen LogP contribution < -0.4 is 5.56 Å². The number of rotatable bonds is 5. The third kappa shape index (κ3) is 4.31. The molecule has 2 aromatic rings. The molecule has 0 radical (unpaired) electrons. The van der Waals surface area contributed by atoms with Crippen LogP contribution in [0.1, 0.15) is 43.4 Å². The van der Waals surface area contributed by atoms with Gasteiger partial charge in [-0.25, -0.2) is 4.98 Å². The normalized spacial score (nSPS) is 16.3. The lowest BCUT2D eigenvalue weighted by atomic mass is 9.99. The van der Waals surface area contributed by atoms with Gasteiger partial charge in [0.25, 0.3) is 5.56 Å². The molecule has 0 fully saturated rings. The summed E-state index contributed by atoms with van der Waals surface area (Å²) >= 11 is 0. The summed E-state index contributed by atoms with van der Waals surface area (Å²) in [4.78, 5) is 25.7. The average molecular weight is 430 g/mol. The number of hydrogen-bond acceptors (Lipinski definition) is 5. The predicted octanol–water partition coefficient (Wildman–Crippen LogP) is 3.77. The molecule has 166 valence electrons. The van der Waals surface area contributed by atoms with Crippen molar-refractivity contribution in [1.82, 2.24) is 24.3 Å². The Labute approximate surface area is 189 Å². The molecular formula is C26H31N5O. The number of hydrogen-bond donors (Lipinski definition) is 0. The van der Waals surface area contributed by atoms with Gasteiger partial charge >= 0.3 is 0 Å². The summed E-state index contributed by atoms with van der Waals surface area (Å²) in [6.07, 6.45) is 12.9. The molecule has 0 bridgehead atoms. The summed E-state index contributed by atoms with van der Waals surface area (Å²) < 4.78 is 1.55. The van der Waals surface area contributed by atoms with E-state index in [1.807, 2.05) is 19.2 Å². The third-order valence-electron chi connectivity index (χ3n) is 6.24. The van der Waals surface area contributed by atoms with Gasteiger partial charge in [-0.3, -0.25) is 14.3 Å². The van der Waals surface area contributed by atoms with Crippen molar-refractivity contribution in [3.63, 3.8) is 0 Å². The first-order valence-electron chi connectivity index (χ1n) is 11.1. The molecule has 0 N–H and O–H groups in total. The molecule has 0 aliphatic carbocycles. The second-order valence-corrected chi connectivity index (χ2v) is 8.70.